The zero-order chi connectivity index (χ0) is 10.5. The highest BCUT2D eigenvalue weighted by molar-refractivity contribution is 9.10. The number of benzene rings is 1. The topological polar surface area (TPSA) is 21.3 Å². The summed E-state index contributed by atoms with van der Waals surface area (Å²) in [5.41, 5.74) is 0. The lowest BCUT2D eigenvalue weighted by atomic mass is 10.1. The average Bonchev–Trinajstić information content (AvgIpc) is 2.71. The van der Waals surface area contributed by atoms with Crippen LogP contribution in [0.25, 0.3) is 0 Å². The average molecular weight is 270 g/mol. The SMILES string of the molecule is Brc1cccc(OCCC2CCNC2)c1. The molecule has 0 spiro atoms. The van der Waals surface area contributed by atoms with Crippen LogP contribution >= 0.6 is 15.9 Å². The molecule has 2 rings (SSSR count). The van der Waals surface area contributed by atoms with Gasteiger partial charge in [0.1, 0.15) is 5.75 Å². The van der Waals surface area contributed by atoms with Crippen LogP contribution in [0.3, 0.4) is 0 Å². The fourth-order valence-electron chi connectivity index (χ4n) is 1.86. The first-order valence-electron chi connectivity index (χ1n) is 5.44. The summed E-state index contributed by atoms with van der Waals surface area (Å²) in [7, 11) is 0. The van der Waals surface area contributed by atoms with Crippen molar-refractivity contribution < 1.29 is 4.74 Å². The van der Waals surface area contributed by atoms with E-state index in [0.717, 1.165) is 35.7 Å². The molecule has 1 fully saturated rings. The van der Waals surface area contributed by atoms with Crippen molar-refractivity contribution in [3.05, 3.63) is 28.7 Å². The maximum atomic E-state index is 5.69. The summed E-state index contributed by atoms with van der Waals surface area (Å²) in [6.45, 7) is 3.15. The van der Waals surface area contributed by atoms with Gasteiger partial charge in [-0.05, 0) is 50.0 Å². The molecule has 1 atom stereocenters. The van der Waals surface area contributed by atoms with E-state index >= 15 is 0 Å². The van der Waals surface area contributed by atoms with Crippen LogP contribution in [0.1, 0.15) is 12.8 Å². The van der Waals surface area contributed by atoms with Crippen molar-refractivity contribution in [2.24, 2.45) is 5.92 Å². The summed E-state index contributed by atoms with van der Waals surface area (Å²) in [5, 5.41) is 3.37. The Balaban J connectivity index is 1.73. The Morgan fingerprint density at radius 1 is 1.47 bits per heavy atom. The van der Waals surface area contributed by atoms with E-state index in [0.29, 0.717) is 0 Å². The van der Waals surface area contributed by atoms with E-state index in [2.05, 4.69) is 21.2 Å². The number of nitrogens with one attached hydrogen (secondary N) is 1. The maximum Gasteiger partial charge on any atom is 0.120 e. The van der Waals surface area contributed by atoms with Crippen molar-refractivity contribution in [1.82, 2.24) is 5.32 Å². The standard InChI is InChI=1S/C12H16BrNO/c13-11-2-1-3-12(8-11)15-7-5-10-4-6-14-9-10/h1-3,8,10,14H,4-7,9H2. The molecule has 1 aliphatic heterocycles. The zero-order valence-electron chi connectivity index (χ0n) is 8.71. The van der Waals surface area contributed by atoms with Gasteiger partial charge in [-0.3, -0.25) is 0 Å². The van der Waals surface area contributed by atoms with Gasteiger partial charge in [0.05, 0.1) is 6.61 Å². The zero-order valence-corrected chi connectivity index (χ0v) is 10.3. The Labute approximate surface area is 99.1 Å². The predicted molar refractivity (Wildman–Crippen MR) is 65.2 cm³/mol. The number of rotatable bonds is 4. The van der Waals surface area contributed by atoms with Gasteiger partial charge in [0.15, 0.2) is 0 Å². The molecule has 1 unspecified atom stereocenters. The van der Waals surface area contributed by atoms with Gasteiger partial charge < -0.3 is 10.1 Å². The minimum absolute atomic E-state index is 0.803. The molecule has 0 radical (unpaired) electrons. The molecule has 0 aliphatic carbocycles. The highest BCUT2D eigenvalue weighted by atomic mass is 79.9. The van der Waals surface area contributed by atoms with E-state index in [1.807, 2.05) is 24.3 Å². The molecular formula is C12H16BrNO. The molecule has 0 amide bonds. The van der Waals surface area contributed by atoms with Gasteiger partial charge >= 0.3 is 0 Å². The van der Waals surface area contributed by atoms with Crippen LogP contribution in [-0.4, -0.2) is 19.7 Å². The quantitative estimate of drug-likeness (QED) is 0.908. The van der Waals surface area contributed by atoms with Gasteiger partial charge in [0.25, 0.3) is 0 Å². The van der Waals surface area contributed by atoms with E-state index in [9.17, 15) is 0 Å². The van der Waals surface area contributed by atoms with Crippen molar-refractivity contribution in [2.45, 2.75) is 12.8 Å². The second-order valence-corrected chi connectivity index (χ2v) is 4.87. The van der Waals surface area contributed by atoms with Crippen molar-refractivity contribution >= 4 is 15.9 Å². The van der Waals surface area contributed by atoms with Gasteiger partial charge in [0, 0.05) is 4.47 Å². The Morgan fingerprint density at radius 3 is 3.13 bits per heavy atom. The Morgan fingerprint density at radius 2 is 2.40 bits per heavy atom. The van der Waals surface area contributed by atoms with Gasteiger partial charge in [-0.1, -0.05) is 22.0 Å². The molecular weight excluding hydrogens is 254 g/mol. The van der Waals surface area contributed by atoms with Crippen LogP contribution in [0.4, 0.5) is 0 Å². The smallest absolute Gasteiger partial charge is 0.120 e. The van der Waals surface area contributed by atoms with Crippen LogP contribution in [0.5, 0.6) is 5.75 Å². The third-order valence-corrected chi connectivity index (χ3v) is 3.25. The van der Waals surface area contributed by atoms with Gasteiger partial charge in [0.2, 0.25) is 0 Å². The molecule has 0 bridgehead atoms. The van der Waals surface area contributed by atoms with E-state index in [1.54, 1.807) is 0 Å². The van der Waals surface area contributed by atoms with Crippen LogP contribution < -0.4 is 10.1 Å². The number of hydrogen-bond donors (Lipinski definition) is 1. The molecule has 1 saturated heterocycles. The fraction of sp³-hybridized carbons (Fsp3) is 0.500. The minimum Gasteiger partial charge on any atom is -0.494 e. The number of hydrogen-bond acceptors (Lipinski definition) is 2. The predicted octanol–water partition coefficient (Wildman–Crippen LogP) is 2.83. The van der Waals surface area contributed by atoms with Crippen LogP contribution in [0, 0.1) is 5.92 Å². The Bertz CT molecular complexity index is 310. The lowest BCUT2D eigenvalue weighted by Crippen LogP contribution is -2.11. The molecule has 82 valence electrons. The maximum absolute atomic E-state index is 5.69. The van der Waals surface area contributed by atoms with Crippen molar-refractivity contribution in [3.63, 3.8) is 0 Å². The Kier molecular flexibility index (Phi) is 4.03. The molecule has 0 aromatic heterocycles. The summed E-state index contributed by atoms with van der Waals surface area (Å²) in [5.74, 6) is 1.76. The normalized spacial score (nSPS) is 20.5. The second kappa shape index (κ2) is 5.52. The number of ether oxygens (including phenoxy) is 1. The molecule has 1 aromatic rings. The van der Waals surface area contributed by atoms with E-state index in [-0.39, 0.29) is 0 Å². The van der Waals surface area contributed by atoms with E-state index in [1.165, 1.54) is 13.0 Å². The molecule has 0 saturated carbocycles. The third-order valence-electron chi connectivity index (χ3n) is 2.75. The molecule has 2 nitrogen and oxygen atoms in total. The van der Waals surface area contributed by atoms with Crippen molar-refractivity contribution in [1.29, 1.82) is 0 Å². The highest BCUT2D eigenvalue weighted by Crippen LogP contribution is 2.19. The summed E-state index contributed by atoms with van der Waals surface area (Å²) in [6.07, 6.45) is 2.45. The summed E-state index contributed by atoms with van der Waals surface area (Å²) in [6, 6.07) is 8.01. The summed E-state index contributed by atoms with van der Waals surface area (Å²) >= 11 is 3.43. The van der Waals surface area contributed by atoms with Gasteiger partial charge in [-0.25, -0.2) is 0 Å². The van der Waals surface area contributed by atoms with Crippen LogP contribution in [0.15, 0.2) is 28.7 Å². The minimum atomic E-state index is 0.803. The first kappa shape index (κ1) is 11.0. The second-order valence-electron chi connectivity index (χ2n) is 3.95. The third kappa shape index (κ3) is 3.50. The summed E-state index contributed by atoms with van der Waals surface area (Å²) in [4.78, 5) is 0. The van der Waals surface area contributed by atoms with Gasteiger partial charge in [-0.2, -0.15) is 0 Å². The lowest BCUT2D eigenvalue weighted by molar-refractivity contribution is 0.283. The highest BCUT2D eigenvalue weighted by Gasteiger charge is 2.13. The largest absolute Gasteiger partial charge is 0.494 e. The molecule has 15 heavy (non-hydrogen) atoms. The first-order valence-corrected chi connectivity index (χ1v) is 6.23. The van der Waals surface area contributed by atoms with Crippen molar-refractivity contribution in [3.8, 4) is 5.75 Å². The van der Waals surface area contributed by atoms with E-state index in [4.69, 9.17) is 4.74 Å². The van der Waals surface area contributed by atoms with Crippen LogP contribution in [-0.2, 0) is 0 Å². The van der Waals surface area contributed by atoms with Gasteiger partial charge in [-0.15, -0.1) is 0 Å². The Hall–Kier alpha value is -0.540. The monoisotopic (exact) mass is 269 g/mol. The summed E-state index contributed by atoms with van der Waals surface area (Å²) < 4.78 is 6.76. The fourth-order valence-corrected chi connectivity index (χ4v) is 2.24. The number of halogens is 1. The van der Waals surface area contributed by atoms with E-state index < -0.39 is 0 Å². The molecule has 1 aromatic carbocycles. The lowest BCUT2D eigenvalue weighted by Gasteiger charge is -2.09. The molecule has 1 heterocycles. The first-order chi connectivity index (χ1) is 7.34. The van der Waals surface area contributed by atoms with Crippen molar-refractivity contribution in [2.75, 3.05) is 19.7 Å². The molecule has 3 heteroatoms. The molecule has 1 N–H and O–H groups in total. The van der Waals surface area contributed by atoms with Crippen LogP contribution in [0.2, 0.25) is 0 Å². The molecule has 1 aliphatic rings.